The number of para-hydroxylation sites is 1. The summed E-state index contributed by atoms with van der Waals surface area (Å²) in [5, 5.41) is 0. The van der Waals surface area contributed by atoms with E-state index in [1.54, 1.807) is 7.11 Å². The molecule has 3 heteroatoms. The molecular formula is C16H20N2O. The summed E-state index contributed by atoms with van der Waals surface area (Å²) in [6, 6.07) is 16.2. The Morgan fingerprint density at radius 2 is 1.63 bits per heavy atom. The zero-order chi connectivity index (χ0) is 13.8. The van der Waals surface area contributed by atoms with Gasteiger partial charge in [-0.1, -0.05) is 30.3 Å². The summed E-state index contributed by atoms with van der Waals surface area (Å²) in [4.78, 5) is 2.17. The predicted octanol–water partition coefficient (Wildman–Crippen LogP) is 2.93. The number of ether oxygens (including phenoxy) is 1. The monoisotopic (exact) mass is 256 g/mol. The Balaban J connectivity index is 2.48. The average molecular weight is 256 g/mol. The molecule has 1 atom stereocenters. The molecule has 2 N–H and O–H groups in total. The number of hydrogen-bond acceptors (Lipinski definition) is 3. The topological polar surface area (TPSA) is 38.5 Å². The molecule has 2 aromatic rings. The minimum atomic E-state index is 0.150. The Morgan fingerprint density at radius 3 is 2.21 bits per heavy atom. The molecule has 19 heavy (non-hydrogen) atoms. The van der Waals surface area contributed by atoms with Crippen LogP contribution in [0.3, 0.4) is 0 Å². The van der Waals surface area contributed by atoms with Gasteiger partial charge in [-0.2, -0.15) is 0 Å². The maximum absolute atomic E-state index is 5.76. The molecule has 0 saturated carbocycles. The molecule has 0 spiro atoms. The van der Waals surface area contributed by atoms with Gasteiger partial charge in [0.15, 0.2) is 0 Å². The highest BCUT2D eigenvalue weighted by Gasteiger charge is 2.19. The van der Waals surface area contributed by atoms with Gasteiger partial charge in [-0.15, -0.1) is 0 Å². The highest BCUT2D eigenvalue weighted by atomic mass is 16.5. The summed E-state index contributed by atoms with van der Waals surface area (Å²) >= 11 is 0. The lowest BCUT2D eigenvalue weighted by Gasteiger charge is -2.26. The number of methoxy groups -OCH3 is 1. The van der Waals surface area contributed by atoms with Gasteiger partial charge in [0.25, 0.3) is 0 Å². The molecule has 2 aromatic carbocycles. The Kier molecular flexibility index (Phi) is 4.07. The normalized spacial score (nSPS) is 12.4. The fraction of sp³-hybridized carbons (Fsp3) is 0.250. The molecule has 0 heterocycles. The van der Waals surface area contributed by atoms with Crippen LogP contribution < -0.4 is 10.5 Å². The van der Waals surface area contributed by atoms with Gasteiger partial charge in [0, 0.05) is 11.3 Å². The zero-order valence-corrected chi connectivity index (χ0v) is 11.6. The Labute approximate surface area is 114 Å². The van der Waals surface area contributed by atoms with Crippen LogP contribution in [0, 0.1) is 0 Å². The second kappa shape index (κ2) is 5.76. The van der Waals surface area contributed by atoms with Gasteiger partial charge in [-0.05, 0) is 37.9 Å². The van der Waals surface area contributed by atoms with Crippen molar-refractivity contribution in [3.8, 4) is 5.75 Å². The molecule has 0 fully saturated rings. The van der Waals surface area contributed by atoms with E-state index >= 15 is 0 Å². The summed E-state index contributed by atoms with van der Waals surface area (Å²) in [6.07, 6.45) is 0. The molecule has 1 unspecified atom stereocenters. The second-order valence-electron chi connectivity index (χ2n) is 4.77. The summed E-state index contributed by atoms with van der Waals surface area (Å²) in [5.41, 5.74) is 8.89. The van der Waals surface area contributed by atoms with E-state index < -0.39 is 0 Å². The van der Waals surface area contributed by atoms with Crippen molar-refractivity contribution in [1.82, 2.24) is 4.90 Å². The van der Waals surface area contributed by atoms with Crippen LogP contribution in [0.25, 0.3) is 0 Å². The van der Waals surface area contributed by atoms with Crippen molar-refractivity contribution >= 4 is 5.69 Å². The number of nitrogens with zero attached hydrogens (tertiary/aromatic N) is 1. The van der Waals surface area contributed by atoms with E-state index in [1.165, 1.54) is 5.56 Å². The van der Waals surface area contributed by atoms with Gasteiger partial charge in [0.05, 0.1) is 13.2 Å². The molecule has 3 nitrogen and oxygen atoms in total. The van der Waals surface area contributed by atoms with Crippen LogP contribution in [0.1, 0.15) is 17.2 Å². The highest BCUT2D eigenvalue weighted by molar-refractivity contribution is 5.45. The molecular weight excluding hydrogens is 236 g/mol. The second-order valence-corrected chi connectivity index (χ2v) is 4.77. The van der Waals surface area contributed by atoms with E-state index in [2.05, 4.69) is 37.2 Å². The number of nitrogens with two attached hydrogens (primary N) is 1. The molecule has 0 amide bonds. The Morgan fingerprint density at radius 1 is 1.00 bits per heavy atom. The first-order chi connectivity index (χ1) is 9.13. The fourth-order valence-corrected chi connectivity index (χ4v) is 2.33. The maximum Gasteiger partial charge on any atom is 0.123 e. The number of anilines is 1. The molecule has 0 radical (unpaired) electrons. The molecule has 0 aliphatic heterocycles. The van der Waals surface area contributed by atoms with Crippen LogP contribution >= 0.6 is 0 Å². The molecule has 0 aliphatic rings. The zero-order valence-electron chi connectivity index (χ0n) is 11.6. The summed E-state index contributed by atoms with van der Waals surface area (Å²) in [5.74, 6) is 0.901. The number of hydrogen-bond donors (Lipinski definition) is 1. The van der Waals surface area contributed by atoms with Gasteiger partial charge in [-0.25, -0.2) is 0 Å². The largest absolute Gasteiger partial charge is 0.496 e. The smallest absolute Gasteiger partial charge is 0.123 e. The van der Waals surface area contributed by atoms with Crippen molar-refractivity contribution in [3.05, 3.63) is 59.7 Å². The summed E-state index contributed by atoms with van der Waals surface area (Å²) in [7, 11) is 5.83. The van der Waals surface area contributed by atoms with Crippen molar-refractivity contribution in [2.75, 3.05) is 26.9 Å². The molecule has 2 rings (SSSR count). The average Bonchev–Trinajstić information content (AvgIpc) is 2.41. The van der Waals surface area contributed by atoms with Crippen LogP contribution in [-0.2, 0) is 0 Å². The first kappa shape index (κ1) is 13.4. The minimum absolute atomic E-state index is 0.150. The SMILES string of the molecule is COc1ccccc1C(c1ccc(N)cc1)N(C)C. The number of nitrogen functional groups attached to an aromatic ring is 1. The van der Waals surface area contributed by atoms with Crippen LogP contribution in [0.5, 0.6) is 5.75 Å². The van der Waals surface area contributed by atoms with E-state index in [-0.39, 0.29) is 6.04 Å². The minimum Gasteiger partial charge on any atom is -0.496 e. The first-order valence-electron chi connectivity index (χ1n) is 6.28. The van der Waals surface area contributed by atoms with Gasteiger partial charge in [0.2, 0.25) is 0 Å². The highest BCUT2D eigenvalue weighted by Crippen LogP contribution is 2.33. The van der Waals surface area contributed by atoms with Crippen molar-refractivity contribution in [3.63, 3.8) is 0 Å². The predicted molar refractivity (Wildman–Crippen MR) is 79.4 cm³/mol. The molecule has 0 saturated heterocycles. The fourth-order valence-electron chi connectivity index (χ4n) is 2.33. The van der Waals surface area contributed by atoms with E-state index in [0.29, 0.717) is 0 Å². The van der Waals surface area contributed by atoms with Crippen LogP contribution in [0.4, 0.5) is 5.69 Å². The van der Waals surface area contributed by atoms with Crippen molar-refractivity contribution < 1.29 is 4.74 Å². The van der Waals surface area contributed by atoms with Crippen molar-refractivity contribution in [2.24, 2.45) is 0 Å². The van der Waals surface area contributed by atoms with Crippen LogP contribution in [0.15, 0.2) is 48.5 Å². The summed E-state index contributed by atoms with van der Waals surface area (Å²) in [6.45, 7) is 0. The Bertz CT molecular complexity index is 535. The molecule has 100 valence electrons. The third-order valence-electron chi connectivity index (χ3n) is 3.20. The molecule has 0 aromatic heterocycles. The molecule has 0 bridgehead atoms. The third kappa shape index (κ3) is 2.88. The van der Waals surface area contributed by atoms with Gasteiger partial charge >= 0.3 is 0 Å². The van der Waals surface area contributed by atoms with E-state index in [9.17, 15) is 0 Å². The lowest BCUT2D eigenvalue weighted by molar-refractivity contribution is 0.326. The lowest BCUT2D eigenvalue weighted by Crippen LogP contribution is -2.21. The first-order valence-corrected chi connectivity index (χ1v) is 6.28. The van der Waals surface area contributed by atoms with Crippen molar-refractivity contribution in [1.29, 1.82) is 0 Å². The van der Waals surface area contributed by atoms with Gasteiger partial charge in [-0.3, -0.25) is 4.90 Å². The molecule has 0 aliphatic carbocycles. The third-order valence-corrected chi connectivity index (χ3v) is 3.20. The van der Waals surface area contributed by atoms with E-state index in [0.717, 1.165) is 17.0 Å². The Hall–Kier alpha value is -2.00. The van der Waals surface area contributed by atoms with Crippen LogP contribution in [0.2, 0.25) is 0 Å². The quantitative estimate of drug-likeness (QED) is 0.855. The van der Waals surface area contributed by atoms with Crippen LogP contribution in [-0.4, -0.2) is 26.1 Å². The summed E-state index contributed by atoms with van der Waals surface area (Å²) < 4.78 is 5.47. The standard InChI is InChI=1S/C16H20N2O/c1-18(2)16(12-8-10-13(17)11-9-12)14-6-4-5-7-15(14)19-3/h4-11,16H,17H2,1-3H3. The van der Waals surface area contributed by atoms with Gasteiger partial charge < -0.3 is 10.5 Å². The number of rotatable bonds is 4. The van der Waals surface area contributed by atoms with Crippen molar-refractivity contribution in [2.45, 2.75) is 6.04 Å². The maximum atomic E-state index is 5.76. The van der Waals surface area contributed by atoms with Gasteiger partial charge in [0.1, 0.15) is 5.75 Å². The number of benzene rings is 2. The van der Waals surface area contributed by atoms with E-state index in [1.807, 2.05) is 30.3 Å². The lowest BCUT2D eigenvalue weighted by atomic mass is 9.96. The van der Waals surface area contributed by atoms with E-state index in [4.69, 9.17) is 10.5 Å².